The van der Waals surface area contributed by atoms with Gasteiger partial charge in [0.25, 0.3) is 0 Å². The van der Waals surface area contributed by atoms with Crippen LogP contribution >= 0.6 is 11.6 Å². The molecule has 2 aromatic heterocycles. The maximum Gasteiger partial charge on any atom is 0.246 e. The Kier molecular flexibility index (Phi) is 6.60. The zero-order chi connectivity index (χ0) is 24.7. The van der Waals surface area contributed by atoms with Gasteiger partial charge in [0.05, 0.1) is 16.9 Å². The van der Waals surface area contributed by atoms with Crippen LogP contribution in [0.5, 0.6) is 0 Å². The molecule has 0 bridgehead atoms. The number of nitrogens with zero attached hydrogens (tertiary/aromatic N) is 6. The minimum Gasteiger partial charge on any atom is -0.355 e. The summed E-state index contributed by atoms with van der Waals surface area (Å²) in [4.78, 5) is 30.8. The molecular weight excluding hydrogens is 459 g/mol. The standard InChI is InChI=1S/C24H28ClFN6O2/c1-6-18(33)31-10-9-30(12-15(31)5)22-16-11-17(26)21(25)28-23(16)32(24(34)29-22)20-14(4)7-8-27-19(20)13(2)3/h6-8,11,13,15,24,34H,1,9-10,12H2,2-5H3/t15-,24?/m0/s1. The highest BCUT2D eigenvalue weighted by atomic mass is 35.5. The van der Waals surface area contributed by atoms with Crippen molar-refractivity contribution in [3.63, 3.8) is 0 Å². The minimum atomic E-state index is -1.32. The topological polar surface area (TPSA) is 85.2 Å². The van der Waals surface area contributed by atoms with E-state index in [0.29, 0.717) is 42.5 Å². The lowest BCUT2D eigenvalue weighted by Crippen LogP contribution is -2.56. The molecule has 4 heterocycles. The third kappa shape index (κ3) is 4.14. The summed E-state index contributed by atoms with van der Waals surface area (Å²) in [7, 11) is 0. The van der Waals surface area contributed by atoms with Gasteiger partial charge in [-0.1, -0.05) is 32.0 Å². The van der Waals surface area contributed by atoms with Crippen molar-refractivity contribution in [1.29, 1.82) is 0 Å². The van der Waals surface area contributed by atoms with Gasteiger partial charge in [0.15, 0.2) is 11.0 Å². The molecule has 2 aromatic rings. The van der Waals surface area contributed by atoms with Gasteiger partial charge in [0.2, 0.25) is 12.3 Å². The van der Waals surface area contributed by atoms with E-state index in [1.54, 1.807) is 16.0 Å². The lowest BCUT2D eigenvalue weighted by Gasteiger charge is -2.43. The highest BCUT2D eigenvalue weighted by Gasteiger charge is 2.37. The Morgan fingerprint density at radius 2 is 2.12 bits per heavy atom. The number of anilines is 2. The van der Waals surface area contributed by atoms with E-state index in [2.05, 4.69) is 21.5 Å². The zero-order valence-electron chi connectivity index (χ0n) is 19.7. The van der Waals surface area contributed by atoms with Gasteiger partial charge in [-0.15, -0.1) is 0 Å². The van der Waals surface area contributed by atoms with Crippen LogP contribution in [0.1, 0.15) is 43.5 Å². The van der Waals surface area contributed by atoms with Crippen molar-refractivity contribution in [3.8, 4) is 0 Å². The molecule has 1 fully saturated rings. The first-order chi connectivity index (χ1) is 16.1. The zero-order valence-corrected chi connectivity index (χ0v) is 20.4. The van der Waals surface area contributed by atoms with E-state index >= 15 is 0 Å². The third-order valence-electron chi connectivity index (χ3n) is 6.18. The number of amides is 1. The number of aryl methyl sites for hydroxylation is 1. The summed E-state index contributed by atoms with van der Waals surface area (Å²) in [5, 5.41) is 10.9. The lowest BCUT2D eigenvalue weighted by molar-refractivity contribution is -0.129. The van der Waals surface area contributed by atoms with Crippen LogP contribution in [0, 0.1) is 12.7 Å². The molecule has 1 amide bonds. The fourth-order valence-electron chi connectivity index (χ4n) is 4.53. The fraction of sp³-hybridized carbons (Fsp3) is 0.417. The van der Waals surface area contributed by atoms with Crippen LogP contribution in [0.2, 0.25) is 5.15 Å². The van der Waals surface area contributed by atoms with Gasteiger partial charge in [-0.25, -0.2) is 14.4 Å². The summed E-state index contributed by atoms with van der Waals surface area (Å²) in [6, 6.07) is 3.02. The van der Waals surface area contributed by atoms with Crippen molar-refractivity contribution >= 4 is 34.8 Å². The Labute approximate surface area is 203 Å². The summed E-state index contributed by atoms with van der Waals surface area (Å²) in [5.74, 6) is -0.0450. The highest BCUT2D eigenvalue weighted by molar-refractivity contribution is 6.30. The molecule has 0 radical (unpaired) electrons. The monoisotopic (exact) mass is 486 g/mol. The third-order valence-corrected chi connectivity index (χ3v) is 6.44. The first kappa shape index (κ1) is 24.1. The number of aromatic nitrogens is 2. The number of pyridine rings is 2. The first-order valence-electron chi connectivity index (χ1n) is 11.2. The predicted molar refractivity (Wildman–Crippen MR) is 130 cm³/mol. The van der Waals surface area contributed by atoms with Crippen LogP contribution in [-0.2, 0) is 4.79 Å². The molecule has 1 N–H and O–H groups in total. The van der Waals surface area contributed by atoms with Crippen molar-refractivity contribution in [2.24, 2.45) is 4.99 Å². The maximum atomic E-state index is 14.6. The van der Waals surface area contributed by atoms with E-state index in [1.807, 2.05) is 38.7 Å². The quantitative estimate of drug-likeness (QED) is 0.527. The van der Waals surface area contributed by atoms with E-state index < -0.39 is 12.2 Å². The van der Waals surface area contributed by atoms with E-state index in [-0.39, 0.29) is 23.0 Å². The lowest BCUT2D eigenvalue weighted by atomic mass is 10.0. The Morgan fingerprint density at radius 3 is 2.76 bits per heavy atom. The highest BCUT2D eigenvalue weighted by Crippen LogP contribution is 2.40. The molecule has 2 aliphatic heterocycles. The van der Waals surface area contributed by atoms with Crippen LogP contribution < -0.4 is 4.90 Å². The van der Waals surface area contributed by atoms with E-state index in [4.69, 9.17) is 11.6 Å². The number of halogens is 2. The summed E-state index contributed by atoms with van der Waals surface area (Å²) in [6.07, 6.45) is 1.70. The molecule has 0 spiro atoms. The number of aliphatic hydroxyl groups excluding tert-OH is 1. The second kappa shape index (κ2) is 9.31. The SMILES string of the molecule is C=CC(=O)N1CCN(C2=NC(O)N(c3c(C)ccnc3C(C)C)c3nc(Cl)c(F)cc32)C[C@@H]1C. The van der Waals surface area contributed by atoms with Gasteiger partial charge < -0.3 is 14.9 Å². The summed E-state index contributed by atoms with van der Waals surface area (Å²) in [5.41, 5.74) is 2.71. The van der Waals surface area contributed by atoms with Crippen LogP contribution in [-0.4, -0.2) is 68.6 Å². The molecule has 10 heteroatoms. The normalized spacial score (nSPS) is 20.4. The number of fused-ring (bicyclic) bond motifs is 1. The summed E-state index contributed by atoms with van der Waals surface area (Å²) in [6.45, 7) is 12.8. The largest absolute Gasteiger partial charge is 0.355 e. The Balaban J connectivity index is 1.81. The van der Waals surface area contributed by atoms with Gasteiger partial charge in [0, 0.05) is 31.9 Å². The maximum absolute atomic E-state index is 14.6. The van der Waals surface area contributed by atoms with Crippen LogP contribution in [0.3, 0.4) is 0 Å². The van der Waals surface area contributed by atoms with E-state index in [1.165, 1.54) is 12.1 Å². The average Bonchev–Trinajstić information content (AvgIpc) is 2.79. The summed E-state index contributed by atoms with van der Waals surface area (Å²) < 4.78 is 14.6. The number of hydrogen-bond acceptors (Lipinski definition) is 7. The Morgan fingerprint density at radius 1 is 1.38 bits per heavy atom. The van der Waals surface area contributed by atoms with Crippen molar-refractivity contribution in [1.82, 2.24) is 19.8 Å². The number of piperazine rings is 1. The van der Waals surface area contributed by atoms with E-state index in [0.717, 1.165) is 11.3 Å². The molecular formula is C24H28ClFN6O2. The number of carbonyl (C=O) groups is 1. The molecule has 34 heavy (non-hydrogen) atoms. The molecule has 180 valence electrons. The molecule has 8 nitrogen and oxygen atoms in total. The number of aliphatic hydroxyl groups is 1. The van der Waals surface area contributed by atoms with Crippen molar-refractivity contribution in [3.05, 3.63) is 58.8 Å². The minimum absolute atomic E-state index is 0.0585. The smallest absolute Gasteiger partial charge is 0.246 e. The van der Waals surface area contributed by atoms with Gasteiger partial charge in [-0.2, -0.15) is 0 Å². The van der Waals surface area contributed by atoms with Gasteiger partial charge in [0.1, 0.15) is 11.7 Å². The van der Waals surface area contributed by atoms with Gasteiger partial charge in [-0.3, -0.25) is 14.7 Å². The number of carbonyl (C=O) groups excluding carboxylic acids is 1. The number of rotatable bonds is 3. The summed E-state index contributed by atoms with van der Waals surface area (Å²) >= 11 is 6.10. The molecule has 2 aliphatic rings. The molecule has 4 rings (SSSR count). The molecule has 1 saturated heterocycles. The van der Waals surface area contributed by atoms with Crippen molar-refractivity contribution in [2.45, 2.75) is 46.0 Å². The number of amidine groups is 1. The average molecular weight is 487 g/mol. The van der Waals surface area contributed by atoms with Crippen LogP contribution in [0.15, 0.2) is 36.0 Å². The van der Waals surface area contributed by atoms with Gasteiger partial charge in [-0.05, 0) is 43.5 Å². The molecule has 1 unspecified atom stereocenters. The van der Waals surface area contributed by atoms with Crippen LogP contribution in [0.4, 0.5) is 15.9 Å². The van der Waals surface area contributed by atoms with Crippen molar-refractivity contribution in [2.75, 3.05) is 24.5 Å². The molecule has 2 atom stereocenters. The number of aliphatic imine (C=N–C) groups is 1. The number of hydrogen-bond donors (Lipinski definition) is 1. The predicted octanol–water partition coefficient (Wildman–Crippen LogP) is 3.59. The molecule has 0 aliphatic carbocycles. The van der Waals surface area contributed by atoms with Gasteiger partial charge >= 0.3 is 0 Å². The second-order valence-corrected chi connectivity index (χ2v) is 9.21. The fourth-order valence-corrected chi connectivity index (χ4v) is 4.66. The Bertz CT molecular complexity index is 1170. The first-order valence-corrected chi connectivity index (χ1v) is 11.6. The Hall–Kier alpha value is -3.04. The molecule has 0 aromatic carbocycles. The van der Waals surface area contributed by atoms with E-state index in [9.17, 15) is 14.3 Å². The molecule has 0 saturated carbocycles. The van der Waals surface area contributed by atoms with Crippen LogP contribution in [0.25, 0.3) is 0 Å². The second-order valence-electron chi connectivity index (χ2n) is 8.85. The van der Waals surface area contributed by atoms with Crippen molar-refractivity contribution < 1.29 is 14.3 Å².